The first-order valence-electron chi connectivity index (χ1n) is 8.90. The van der Waals surface area contributed by atoms with Crippen molar-refractivity contribution in [3.63, 3.8) is 0 Å². The van der Waals surface area contributed by atoms with E-state index in [0.717, 1.165) is 34.3 Å². The second-order valence-corrected chi connectivity index (χ2v) is 7.72. The summed E-state index contributed by atoms with van der Waals surface area (Å²) in [7, 11) is 2.12. The van der Waals surface area contributed by atoms with Crippen LogP contribution in [0.3, 0.4) is 0 Å². The molecule has 0 saturated heterocycles. The Hall–Kier alpha value is -2.77. The SMILES string of the molecule is Cc1nn(-c2ccccc2)c(C)c1C[NH+](C)Cc1cc(=O)n2ccsc2n1. The van der Waals surface area contributed by atoms with E-state index in [1.807, 2.05) is 28.3 Å². The predicted octanol–water partition coefficient (Wildman–Crippen LogP) is 1.77. The Kier molecular flexibility index (Phi) is 4.63. The minimum absolute atomic E-state index is 0.0201. The maximum atomic E-state index is 12.2. The van der Waals surface area contributed by atoms with Crippen LogP contribution in [0, 0.1) is 13.8 Å². The van der Waals surface area contributed by atoms with E-state index < -0.39 is 0 Å². The number of rotatable bonds is 5. The third-order valence-electron chi connectivity index (χ3n) is 4.76. The molecule has 0 aliphatic carbocycles. The Morgan fingerprint density at radius 3 is 2.70 bits per heavy atom. The average molecular weight is 380 g/mol. The first-order valence-corrected chi connectivity index (χ1v) is 9.78. The lowest BCUT2D eigenvalue weighted by Gasteiger charge is -2.14. The Morgan fingerprint density at radius 1 is 1.15 bits per heavy atom. The fourth-order valence-corrected chi connectivity index (χ4v) is 4.14. The molecule has 1 unspecified atom stereocenters. The molecule has 0 radical (unpaired) electrons. The molecule has 138 valence electrons. The Balaban J connectivity index is 1.56. The Bertz CT molecular complexity index is 1140. The fraction of sp³-hybridized carbons (Fsp3) is 0.250. The highest BCUT2D eigenvalue weighted by atomic mass is 32.1. The summed E-state index contributed by atoms with van der Waals surface area (Å²) in [6, 6.07) is 11.8. The van der Waals surface area contributed by atoms with Crippen LogP contribution in [0.1, 0.15) is 22.6 Å². The van der Waals surface area contributed by atoms with Crippen LogP contribution in [0.2, 0.25) is 0 Å². The van der Waals surface area contributed by atoms with Gasteiger partial charge in [0, 0.05) is 17.6 Å². The summed E-state index contributed by atoms with van der Waals surface area (Å²) in [6.45, 7) is 5.68. The highest BCUT2D eigenvalue weighted by Crippen LogP contribution is 2.17. The van der Waals surface area contributed by atoms with Crippen molar-refractivity contribution in [2.45, 2.75) is 26.9 Å². The van der Waals surface area contributed by atoms with Crippen molar-refractivity contribution >= 4 is 16.3 Å². The van der Waals surface area contributed by atoms with Gasteiger partial charge in [0.1, 0.15) is 18.8 Å². The highest BCUT2D eigenvalue weighted by Gasteiger charge is 2.17. The number of thiazole rings is 1. The number of hydrogen-bond acceptors (Lipinski definition) is 4. The van der Waals surface area contributed by atoms with Crippen LogP contribution >= 0.6 is 11.3 Å². The minimum atomic E-state index is -0.0201. The molecule has 1 N–H and O–H groups in total. The van der Waals surface area contributed by atoms with E-state index >= 15 is 0 Å². The molecule has 0 aliphatic rings. The van der Waals surface area contributed by atoms with Gasteiger partial charge in [0.25, 0.3) is 5.56 Å². The van der Waals surface area contributed by atoms with Gasteiger partial charge in [-0.25, -0.2) is 9.67 Å². The molecule has 0 spiro atoms. The third-order valence-corrected chi connectivity index (χ3v) is 5.52. The third kappa shape index (κ3) is 3.43. The van der Waals surface area contributed by atoms with E-state index in [1.54, 1.807) is 16.7 Å². The van der Waals surface area contributed by atoms with Crippen molar-refractivity contribution in [3.05, 3.63) is 81.0 Å². The molecule has 0 fully saturated rings. The molecule has 0 saturated carbocycles. The van der Waals surface area contributed by atoms with E-state index in [1.165, 1.54) is 21.8 Å². The molecule has 7 heteroatoms. The summed E-state index contributed by atoms with van der Waals surface area (Å²) in [5.41, 5.74) is 5.31. The van der Waals surface area contributed by atoms with Gasteiger partial charge in [0.2, 0.25) is 0 Å². The van der Waals surface area contributed by atoms with Gasteiger partial charge in [0.15, 0.2) is 4.96 Å². The lowest BCUT2D eigenvalue weighted by Crippen LogP contribution is -3.06. The molecule has 1 aromatic carbocycles. The van der Waals surface area contributed by atoms with Crippen LogP contribution in [-0.2, 0) is 13.1 Å². The average Bonchev–Trinajstić information content (AvgIpc) is 3.23. The Morgan fingerprint density at radius 2 is 1.93 bits per heavy atom. The van der Waals surface area contributed by atoms with Crippen LogP contribution in [0.4, 0.5) is 0 Å². The minimum Gasteiger partial charge on any atom is -0.328 e. The maximum absolute atomic E-state index is 12.2. The molecule has 0 aliphatic heterocycles. The summed E-state index contributed by atoms with van der Waals surface area (Å²) in [5.74, 6) is 0. The van der Waals surface area contributed by atoms with Gasteiger partial charge in [-0.3, -0.25) is 9.20 Å². The molecule has 3 heterocycles. The van der Waals surface area contributed by atoms with Gasteiger partial charge >= 0.3 is 0 Å². The number of aromatic nitrogens is 4. The first-order chi connectivity index (χ1) is 13.0. The number of quaternary nitrogens is 1. The molecular weight excluding hydrogens is 358 g/mol. The number of nitrogens with one attached hydrogen (secondary N) is 1. The van der Waals surface area contributed by atoms with Crippen LogP contribution in [0.25, 0.3) is 10.6 Å². The molecule has 3 aromatic heterocycles. The number of fused-ring (bicyclic) bond motifs is 1. The quantitative estimate of drug-likeness (QED) is 0.574. The van der Waals surface area contributed by atoms with E-state index in [4.69, 9.17) is 5.10 Å². The second kappa shape index (κ2) is 7.09. The fourth-order valence-electron chi connectivity index (χ4n) is 3.40. The van der Waals surface area contributed by atoms with Gasteiger partial charge in [-0.1, -0.05) is 18.2 Å². The van der Waals surface area contributed by atoms with E-state index in [-0.39, 0.29) is 5.56 Å². The van der Waals surface area contributed by atoms with Gasteiger partial charge in [-0.2, -0.15) is 5.10 Å². The van der Waals surface area contributed by atoms with Crippen molar-refractivity contribution in [1.82, 2.24) is 19.2 Å². The number of aryl methyl sites for hydroxylation is 1. The molecule has 4 rings (SSSR count). The zero-order valence-corrected chi connectivity index (χ0v) is 16.5. The number of benzene rings is 1. The van der Waals surface area contributed by atoms with Gasteiger partial charge in [-0.05, 0) is 26.0 Å². The lowest BCUT2D eigenvalue weighted by atomic mass is 10.2. The summed E-state index contributed by atoms with van der Waals surface area (Å²) in [4.78, 5) is 18.8. The van der Waals surface area contributed by atoms with Gasteiger partial charge in [0.05, 0.1) is 29.7 Å². The summed E-state index contributed by atoms with van der Waals surface area (Å²) in [5, 5.41) is 6.61. The van der Waals surface area contributed by atoms with E-state index in [0.29, 0.717) is 6.54 Å². The molecule has 1 atom stereocenters. The summed E-state index contributed by atoms with van der Waals surface area (Å²) >= 11 is 1.48. The molecule has 0 bridgehead atoms. The van der Waals surface area contributed by atoms with Crippen molar-refractivity contribution in [3.8, 4) is 5.69 Å². The largest absolute Gasteiger partial charge is 0.328 e. The predicted molar refractivity (Wildman–Crippen MR) is 107 cm³/mol. The normalized spacial score (nSPS) is 12.6. The molecular formula is C20H22N5OS+. The van der Waals surface area contributed by atoms with Crippen molar-refractivity contribution in [2.24, 2.45) is 0 Å². The van der Waals surface area contributed by atoms with Crippen LogP contribution < -0.4 is 10.5 Å². The molecule has 0 amide bonds. The monoisotopic (exact) mass is 380 g/mol. The molecule has 27 heavy (non-hydrogen) atoms. The number of hydrogen-bond donors (Lipinski definition) is 1. The number of nitrogens with zero attached hydrogens (tertiary/aromatic N) is 4. The van der Waals surface area contributed by atoms with Crippen LogP contribution in [0.15, 0.2) is 52.8 Å². The highest BCUT2D eigenvalue weighted by molar-refractivity contribution is 7.15. The Labute approximate surface area is 161 Å². The van der Waals surface area contributed by atoms with Crippen molar-refractivity contribution in [2.75, 3.05) is 7.05 Å². The van der Waals surface area contributed by atoms with Crippen LogP contribution in [-0.4, -0.2) is 26.2 Å². The second-order valence-electron chi connectivity index (χ2n) is 6.85. The summed E-state index contributed by atoms with van der Waals surface area (Å²) < 4.78 is 3.59. The molecule has 6 nitrogen and oxygen atoms in total. The zero-order chi connectivity index (χ0) is 19.0. The maximum Gasteiger partial charge on any atom is 0.258 e. The standard InChI is InChI=1S/C20H21N5OS/c1-14-18(15(2)25(22-14)17-7-5-4-6-8-17)13-23(3)12-16-11-19(26)24-9-10-27-20(24)21-16/h4-11H,12-13H2,1-3H3/p+1. The van der Waals surface area contributed by atoms with Gasteiger partial charge < -0.3 is 4.90 Å². The lowest BCUT2D eigenvalue weighted by molar-refractivity contribution is -0.908. The first kappa shape index (κ1) is 17.6. The van der Waals surface area contributed by atoms with Gasteiger partial charge in [-0.15, -0.1) is 11.3 Å². The van der Waals surface area contributed by atoms with Crippen molar-refractivity contribution in [1.29, 1.82) is 0 Å². The van der Waals surface area contributed by atoms with Crippen LogP contribution in [0.5, 0.6) is 0 Å². The molecule has 4 aromatic rings. The van der Waals surface area contributed by atoms with E-state index in [2.05, 4.69) is 38.0 Å². The summed E-state index contributed by atoms with van der Waals surface area (Å²) in [6.07, 6.45) is 1.76. The van der Waals surface area contributed by atoms with E-state index in [9.17, 15) is 4.79 Å². The number of para-hydroxylation sites is 1. The smallest absolute Gasteiger partial charge is 0.258 e. The van der Waals surface area contributed by atoms with Crippen molar-refractivity contribution < 1.29 is 4.90 Å². The topological polar surface area (TPSA) is 56.6 Å². The zero-order valence-electron chi connectivity index (χ0n) is 15.6.